The molecule has 5 heteroatoms. The second kappa shape index (κ2) is 8.54. The number of benzene rings is 1. The van der Waals surface area contributed by atoms with Gasteiger partial charge in [0.05, 0.1) is 32.7 Å². The number of carbonyl (C=O) groups is 1. The summed E-state index contributed by atoms with van der Waals surface area (Å²) in [5.41, 5.74) is 0. The van der Waals surface area contributed by atoms with Crippen molar-refractivity contribution in [2.45, 2.75) is 19.3 Å². The highest BCUT2D eigenvalue weighted by molar-refractivity contribution is 6.30. The number of halogens is 1. The molecule has 0 spiro atoms. The molecule has 3 rings (SSSR count). The lowest BCUT2D eigenvalue weighted by Crippen LogP contribution is -3.15. The molecular formula is C19H26ClN2O2+. The predicted octanol–water partition coefficient (Wildman–Crippen LogP) is 1.80. The molecule has 2 aliphatic rings. The highest BCUT2D eigenvalue weighted by atomic mass is 35.5. The van der Waals surface area contributed by atoms with Gasteiger partial charge in [0.1, 0.15) is 5.75 Å². The SMILES string of the molecule is O=C(COc1ccc(Cl)cc1)N1CC[NH+](C[C@H]2CC=CCC2)CC1. The Hall–Kier alpha value is -1.52. The fraction of sp³-hybridized carbons (Fsp3) is 0.526. The fourth-order valence-corrected chi connectivity index (χ4v) is 3.62. The Morgan fingerprint density at radius 2 is 1.96 bits per heavy atom. The molecule has 1 atom stereocenters. The third kappa shape index (κ3) is 4.99. The van der Waals surface area contributed by atoms with E-state index < -0.39 is 0 Å². The molecule has 24 heavy (non-hydrogen) atoms. The standard InChI is InChI=1S/C19H25ClN2O2/c20-17-6-8-18(9-7-17)24-15-19(23)22-12-10-21(11-13-22)14-16-4-2-1-3-5-16/h1-2,6-9,16H,3-5,10-15H2/p+1/t16-/m0/s1. The number of ether oxygens (including phenoxy) is 1. The number of nitrogens with one attached hydrogen (secondary N) is 1. The van der Waals surface area contributed by atoms with Crippen molar-refractivity contribution in [2.75, 3.05) is 39.3 Å². The first kappa shape index (κ1) is 17.3. The number of quaternary nitrogens is 1. The van der Waals surface area contributed by atoms with Crippen LogP contribution in [0.2, 0.25) is 5.02 Å². The Labute approximate surface area is 149 Å². The van der Waals surface area contributed by atoms with Crippen molar-refractivity contribution in [1.82, 2.24) is 4.90 Å². The van der Waals surface area contributed by atoms with E-state index in [2.05, 4.69) is 12.2 Å². The molecule has 0 saturated carbocycles. The van der Waals surface area contributed by atoms with Gasteiger partial charge in [0.15, 0.2) is 6.61 Å². The molecule has 1 heterocycles. The molecule has 1 aliphatic carbocycles. The zero-order valence-electron chi connectivity index (χ0n) is 14.0. The highest BCUT2D eigenvalue weighted by Gasteiger charge is 2.26. The van der Waals surface area contributed by atoms with Crippen molar-refractivity contribution in [3.8, 4) is 5.75 Å². The summed E-state index contributed by atoms with van der Waals surface area (Å²) in [5.74, 6) is 1.58. The predicted molar refractivity (Wildman–Crippen MR) is 95.6 cm³/mol. The summed E-state index contributed by atoms with van der Waals surface area (Å²) in [5, 5.41) is 0.668. The maximum Gasteiger partial charge on any atom is 0.260 e. The summed E-state index contributed by atoms with van der Waals surface area (Å²) < 4.78 is 5.56. The summed E-state index contributed by atoms with van der Waals surface area (Å²) >= 11 is 5.84. The molecule has 1 amide bonds. The average Bonchev–Trinajstić information content (AvgIpc) is 2.62. The van der Waals surface area contributed by atoms with E-state index in [1.807, 2.05) is 4.90 Å². The minimum atomic E-state index is 0.0737. The normalized spacial score (nSPS) is 21.7. The Morgan fingerprint density at radius 3 is 2.62 bits per heavy atom. The Bertz CT molecular complexity index is 565. The third-order valence-corrected chi connectivity index (χ3v) is 5.21. The maximum absolute atomic E-state index is 12.3. The Balaban J connectivity index is 1.38. The summed E-state index contributed by atoms with van der Waals surface area (Å²) in [6.07, 6.45) is 8.38. The van der Waals surface area contributed by atoms with Gasteiger partial charge in [-0.2, -0.15) is 0 Å². The van der Waals surface area contributed by atoms with E-state index in [1.165, 1.54) is 25.8 Å². The number of allylic oxidation sites excluding steroid dienone is 2. The van der Waals surface area contributed by atoms with Crippen LogP contribution in [-0.2, 0) is 4.79 Å². The number of amides is 1. The smallest absolute Gasteiger partial charge is 0.260 e. The number of hydrogen-bond acceptors (Lipinski definition) is 2. The molecule has 1 aromatic carbocycles. The number of hydrogen-bond donors (Lipinski definition) is 1. The van der Waals surface area contributed by atoms with Crippen LogP contribution in [0.1, 0.15) is 19.3 Å². The van der Waals surface area contributed by atoms with Crippen LogP contribution in [0.3, 0.4) is 0 Å². The van der Waals surface area contributed by atoms with E-state index in [-0.39, 0.29) is 12.5 Å². The molecule has 4 nitrogen and oxygen atoms in total. The average molecular weight is 350 g/mol. The molecule has 1 saturated heterocycles. The van der Waals surface area contributed by atoms with E-state index in [9.17, 15) is 4.79 Å². The Morgan fingerprint density at radius 1 is 1.21 bits per heavy atom. The van der Waals surface area contributed by atoms with Crippen LogP contribution in [0.4, 0.5) is 0 Å². The first-order valence-electron chi connectivity index (χ1n) is 8.85. The lowest BCUT2D eigenvalue weighted by Gasteiger charge is -2.34. The topological polar surface area (TPSA) is 34.0 Å². The van der Waals surface area contributed by atoms with Gasteiger partial charge in [-0.25, -0.2) is 0 Å². The third-order valence-electron chi connectivity index (χ3n) is 4.95. The molecular weight excluding hydrogens is 324 g/mol. The van der Waals surface area contributed by atoms with Gasteiger partial charge in [-0.05, 0) is 43.5 Å². The summed E-state index contributed by atoms with van der Waals surface area (Å²) in [4.78, 5) is 15.9. The molecule has 1 aliphatic heterocycles. The van der Waals surface area contributed by atoms with Crippen LogP contribution < -0.4 is 9.64 Å². The van der Waals surface area contributed by atoms with Crippen LogP contribution in [0, 0.1) is 5.92 Å². The van der Waals surface area contributed by atoms with Gasteiger partial charge >= 0.3 is 0 Å². The molecule has 1 fully saturated rings. The van der Waals surface area contributed by atoms with E-state index >= 15 is 0 Å². The summed E-state index contributed by atoms with van der Waals surface area (Å²) in [6, 6.07) is 7.11. The van der Waals surface area contributed by atoms with Gasteiger partial charge in [-0.15, -0.1) is 0 Å². The maximum atomic E-state index is 12.3. The van der Waals surface area contributed by atoms with Crippen LogP contribution >= 0.6 is 11.6 Å². The Kier molecular flexibility index (Phi) is 6.16. The largest absolute Gasteiger partial charge is 0.484 e. The minimum absolute atomic E-state index is 0.0737. The van der Waals surface area contributed by atoms with Crippen molar-refractivity contribution < 1.29 is 14.4 Å². The number of carbonyl (C=O) groups excluding carboxylic acids is 1. The highest BCUT2D eigenvalue weighted by Crippen LogP contribution is 2.16. The van der Waals surface area contributed by atoms with Crippen LogP contribution in [0.25, 0.3) is 0 Å². The van der Waals surface area contributed by atoms with Crippen LogP contribution in [0.15, 0.2) is 36.4 Å². The second-order valence-corrected chi connectivity index (χ2v) is 7.16. The van der Waals surface area contributed by atoms with Crippen molar-refractivity contribution in [3.05, 3.63) is 41.4 Å². The van der Waals surface area contributed by atoms with Gasteiger partial charge in [-0.1, -0.05) is 23.8 Å². The second-order valence-electron chi connectivity index (χ2n) is 6.73. The van der Waals surface area contributed by atoms with E-state index in [0.717, 1.165) is 32.1 Å². The van der Waals surface area contributed by atoms with Crippen molar-refractivity contribution in [2.24, 2.45) is 5.92 Å². The van der Waals surface area contributed by atoms with Crippen molar-refractivity contribution in [1.29, 1.82) is 0 Å². The first-order valence-corrected chi connectivity index (χ1v) is 9.23. The van der Waals surface area contributed by atoms with Crippen LogP contribution in [0.5, 0.6) is 5.75 Å². The molecule has 0 aromatic heterocycles. The van der Waals surface area contributed by atoms with Crippen LogP contribution in [-0.4, -0.2) is 50.1 Å². The van der Waals surface area contributed by atoms with Gasteiger partial charge in [0.25, 0.3) is 5.91 Å². The number of piperazine rings is 1. The summed E-state index contributed by atoms with van der Waals surface area (Å²) in [7, 11) is 0. The molecule has 130 valence electrons. The van der Waals surface area contributed by atoms with Gasteiger partial charge in [0.2, 0.25) is 0 Å². The minimum Gasteiger partial charge on any atom is -0.484 e. The lowest BCUT2D eigenvalue weighted by molar-refractivity contribution is -0.907. The molecule has 1 N–H and O–H groups in total. The van der Waals surface area contributed by atoms with Gasteiger partial charge in [0, 0.05) is 10.9 Å². The first-order chi connectivity index (χ1) is 11.7. The van der Waals surface area contributed by atoms with Crippen molar-refractivity contribution >= 4 is 17.5 Å². The van der Waals surface area contributed by atoms with Gasteiger partial charge in [-0.3, -0.25) is 4.79 Å². The molecule has 1 aromatic rings. The molecule has 0 unspecified atom stereocenters. The molecule has 0 bridgehead atoms. The summed E-state index contributed by atoms with van der Waals surface area (Å²) in [6.45, 7) is 5.11. The fourth-order valence-electron chi connectivity index (χ4n) is 3.49. The van der Waals surface area contributed by atoms with Crippen molar-refractivity contribution in [3.63, 3.8) is 0 Å². The van der Waals surface area contributed by atoms with Gasteiger partial charge < -0.3 is 14.5 Å². The zero-order chi connectivity index (χ0) is 16.8. The number of nitrogens with zero attached hydrogens (tertiary/aromatic N) is 1. The lowest BCUT2D eigenvalue weighted by atomic mass is 9.94. The quantitative estimate of drug-likeness (QED) is 0.822. The van der Waals surface area contributed by atoms with E-state index in [4.69, 9.17) is 16.3 Å². The monoisotopic (exact) mass is 349 g/mol. The van der Waals surface area contributed by atoms with E-state index in [1.54, 1.807) is 29.2 Å². The zero-order valence-corrected chi connectivity index (χ0v) is 14.8. The molecule has 0 radical (unpaired) electrons. The number of rotatable bonds is 5. The van der Waals surface area contributed by atoms with E-state index in [0.29, 0.717) is 10.8 Å².